The van der Waals surface area contributed by atoms with Gasteiger partial charge in [-0.2, -0.15) is 0 Å². The minimum Gasteiger partial charge on any atom is -0.465 e. The van der Waals surface area contributed by atoms with Crippen molar-refractivity contribution in [2.24, 2.45) is 17.8 Å². The van der Waals surface area contributed by atoms with Crippen molar-refractivity contribution in [2.45, 2.75) is 71.5 Å². The highest BCUT2D eigenvalue weighted by molar-refractivity contribution is 5.69. The van der Waals surface area contributed by atoms with E-state index in [1.807, 2.05) is 0 Å². The van der Waals surface area contributed by atoms with Gasteiger partial charge in [-0.25, -0.2) is 0 Å². The molecule has 1 aliphatic heterocycles. The number of hydrogen-bond acceptors (Lipinski definition) is 3. The van der Waals surface area contributed by atoms with Gasteiger partial charge in [0.15, 0.2) is 0 Å². The normalized spacial score (nSPS) is 32.3. The summed E-state index contributed by atoms with van der Waals surface area (Å²) in [6.45, 7) is 7.19. The number of fused-ring (bicyclic) bond motifs is 1. The first-order valence-corrected chi connectivity index (χ1v) is 7.89. The van der Waals surface area contributed by atoms with Crippen LogP contribution in [0.5, 0.6) is 0 Å². The number of carbonyl (C=O) groups excluding carboxylic acids is 1. The first-order valence-electron chi connectivity index (χ1n) is 7.89. The largest absolute Gasteiger partial charge is 0.465 e. The van der Waals surface area contributed by atoms with Crippen LogP contribution in [0.3, 0.4) is 0 Å². The lowest BCUT2D eigenvalue weighted by Crippen LogP contribution is -2.21. The van der Waals surface area contributed by atoms with Gasteiger partial charge in [0.2, 0.25) is 0 Å². The number of esters is 1. The van der Waals surface area contributed by atoms with E-state index in [0.29, 0.717) is 43.0 Å². The molecule has 2 aliphatic rings. The fraction of sp³-hybridized carbons (Fsp3) is 0.938. The third-order valence-electron chi connectivity index (χ3n) is 4.61. The molecule has 0 amide bonds. The highest BCUT2D eigenvalue weighted by Gasteiger charge is 2.43. The van der Waals surface area contributed by atoms with Crippen LogP contribution in [0.15, 0.2) is 0 Å². The summed E-state index contributed by atoms with van der Waals surface area (Å²) >= 11 is 0. The zero-order chi connectivity index (χ0) is 13.8. The number of ether oxygens (including phenoxy) is 2. The van der Waals surface area contributed by atoms with Crippen LogP contribution in [0.4, 0.5) is 0 Å². The van der Waals surface area contributed by atoms with E-state index in [9.17, 15) is 4.79 Å². The van der Waals surface area contributed by atoms with Gasteiger partial charge < -0.3 is 9.47 Å². The van der Waals surface area contributed by atoms with Crippen molar-refractivity contribution in [3.05, 3.63) is 0 Å². The Hall–Kier alpha value is -0.570. The van der Waals surface area contributed by atoms with E-state index in [4.69, 9.17) is 9.47 Å². The Balaban J connectivity index is 1.58. The molecular weight excluding hydrogens is 240 g/mol. The molecule has 0 aromatic heterocycles. The van der Waals surface area contributed by atoms with Crippen molar-refractivity contribution < 1.29 is 14.3 Å². The fourth-order valence-corrected chi connectivity index (χ4v) is 3.13. The van der Waals surface area contributed by atoms with Gasteiger partial charge in [-0.15, -0.1) is 0 Å². The second-order valence-corrected chi connectivity index (χ2v) is 6.63. The third kappa shape index (κ3) is 4.79. The summed E-state index contributed by atoms with van der Waals surface area (Å²) in [4.78, 5) is 11.8. The summed E-state index contributed by atoms with van der Waals surface area (Å²) in [6.07, 6.45) is 7.26. The summed E-state index contributed by atoms with van der Waals surface area (Å²) in [5.74, 6) is 1.64. The molecule has 0 aromatic rings. The molecular formula is C16H28O3. The second-order valence-electron chi connectivity index (χ2n) is 6.63. The highest BCUT2D eigenvalue weighted by atomic mass is 16.6. The summed E-state index contributed by atoms with van der Waals surface area (Å²) in [7, 11) is 0. The van der Waals surface area contributed by atoms with Gasteiger partial charge >= 0.3 is 5.97 Å². The first kappa shape index (κ1) is 14.8. The van der Waals surface area contributed by atoms with Gasteiger partial charge in [0.1, 0.15) is 0 Å². The average Bonchev–Trinajstić information content (AvgIpc) is 3.14. The molecule has 110 valence electrons. The Bertz CT molecular complexity index is 302. The van der Waals surface area contributed by atoms with E-state index in [1.165, 1.54) is 6.42 Å². The van der Waals surface area contributed by atoms with Gasteiger partial charge in [-0.1, -0.05) is 27.2 Å². The van der Waals surface area contributed by atoms with E-state index in [-0.39, 0.29) is 5.97 Å². The monoisotopic (exact) mass is 268 g/mol. The molecule has 0 bridgehead atoms. The molecule has 2 rings (SSSR count). The molecule has 1 saturated carbocycles. The highest BCUT2D eigenvalue weighted by Crippen LogP contribution is 2.39. The molecule has 1 heterocycles. The van der Waals surface area contributed by atoms with Crippen LogP contribution in [0, 0.1) is 17.8 Å². The molecule has 0 spiro atoms. The lowest BCUT2D eigenvalue weighted by atomic mass is 9.90. The molecule has 0 radical (unpaired) electrons. The zero-order valence-electron chi connectivity index (χ0n) is 12.6. The van der Waals surface area contributed by atoms with Crippen LogP contribution in [-0.4, -0.2) is 24.8 Å². The maximum absolute atomic E-state index is 11.8. The van der Waals surface area contributed by atoms with Crippen molar-refractivity contribution in [3.8, 4) is 0 Å². The zero-order valence-corrected chi connectivity index (χ0v) is 12.6. The third-order valence-corrected chi connectivity index (χ3v) is 4.61. The van der Waals surface area contributed by atoms with Crippen molar-refractivity contribution >= 4 is 5.97 Å². The van der Waals surface area contributed by atoms with Crippen LogP contribution in [0.25, 0.3) is 0 Å². The van der Waals surface area contributed by atoms with Gasteiger partial charge in [0.25, 0.3) is 0 Å². The van der Waals surface area contributed by atoms with Crippen molar-refractivity contribution in [1.29, 1.82) is 0 Å². The van der Waals surface area contributed by atoms with Gasteiger partial charge in [0, 0.05) is 6.42 Å². The molecule has 2 fully saturated rings. The fourth-order valence-electron chi connectivity index (χ4n) is 3.13. The molecule has 0 N–H and O–H groups in total. The smallest absolute Gasteiger partial charge is 0.306 e. The topological polar surface area (TPSA) is 38.8 Å². The number of hydrogen-bond donors (Lipinski definition) is 0. The number of carbonyl (C=O) groups is 1. The lowest BCUT2D eigenvalue weighted by Gasteiger charge is -2.19. The Kier molecular flexibility index (Phi) is 5.26. The Labute approximate surface area is 117 Å². The van der Waals surface area contributed by atoms with Crippen molar-refractivity contribution in [2.75, 3.05) is 6.61 Å². The summed E-state index contributed by atoms with van der Waals surface area (Å²) in [5, 5.41) is 0. The van der Waals surface area contributed by atoms with Crippen molar-refractivity contribution in [3.63, 3.8) is 0 Å². The summed E-state index contributed by atoms with van der Waals surface area (Å²) < 4.78 is 10.9. The van der Waals surface area contributed by atoms with Crippen LogP contribution >= 0.6 is 0 Å². The molecule has 19 heavy (non-hydrogen) atoms. The molecule has 5 atom stereocenters. The standard InChI is InChI=1S/C16H28O3/c1-4-11(2)7-12(3)8-16(17)18-10-13-5-6-14-15(9-13)19-14/h11-15H,4-10H2,1-3H3. The van der Waals surface area contributed by atoms with Crippen molar-refractivity contribution in [1.82, 2.24) is 0 Å². The summed E-state index contributed by atoms with van der Waals surface area (Å²) in [6, 6.07) is 0. The SMILES string of the molecule is CCC(C)CC(C)CC(=O)OCC1CCC2OC2C1. The first-order chi connectivity index (χ1) is 9.08. The van der Waals surface area contributed by atoms with E-state index in [0.717, 1.165) is 25.7 Å². The Morgan fingerprint density at radius 3 is 2.74 bits per heavy atom. The number of rotatable bonds is 7. The Morgan fingerprint density at radius 2 is 2.05 bits per heavy atom. The molecule has 1 saturated heterocycles. The molecule has 1 aliphatic carbocycles. The van der Waals surface area contributed by atoms with Gasteiger partial charge in [0.05, 0.1) is 18.8 Å². The predicted octanol–water partition coefficient (Wildman–Crippen LogP) is 3.56. The molecule has 3 heteroatoms. The van der Waals surface area contributed by atoms with E-state index in [1.54, 1.807) is 0 Å². The molecule has 5 unspecified atom stereocenters. The van der Waals surface area contributed by atoms with Crippen LogP contribution < -0.4 is 0 Å². The van der Waals surface area contributed by atoms with Crippen LogP contribution in [0.2, 0.25) is 0 Å². The molecule has 0 aromatic carbocycles. The van der Waals surface area contributed by atoms with Crippen LogP contribution in [0.1, 0.15) is 59.3 Å². The molecule has 3 nitrogen and oxygen atoms in total. The maximum Gasteiger partial charge on any atom is 0.306 e. The Morgan fingerprint density at radius 1 is 1.26 bits per heavy atom. The van der Waals surface area contributed by atoms with Gasteiger partial charge in [-0.05, 0) is 43.4 Å². The van der Waals surface area contributed by atoms with Gasteiger partial charge in [-0.3, -0.25) is 4.79 Å². The minimum absolute atomic E-state index is 0.0189. The second kappa shape index (κ2) is 6.74. The lowest BCUT2D eigenvalue weighted by molar-refractivity contribution is -0.146. The quantitative estimate of drug-likeness (QED) is 0.523. The minimum atomic E-state index is -0.0189. The van der Waals surface area contributed by atoms with E-state index < -0.39 is 0 Å². The number of epoxide rings is 1. The average molecular weight is 268 g/mol. The van der Waals surface area contributed by atoms with Crippen LogP contribution in [-0.2, 0) is 14.3 Å². The van der Waals surface area contributed by atoms with E-state index in [2.05, 4.69) is 20.8 Å². The summed E-state index contributed by atoms with van der Waals surface area (Å²) in [5.41, 5.74) is 0. The van der Waals surface area contributed by atoms with E-state index >= 15 is 0 Å². The maximum atomic E-state index is 11.8. The predicted molar refractivity (Wildman–Crippen MR) is 74.8 cm³/mol.